The van der Waals surface area contributed by atoms with Crippen molar-refractivity contribution in [2.75, 3.05) is 24.1 Å². The van der Waals surface area contributed by atoms with Crippen LogP contribution in [0.3, 0.4) is 0 Å². The number of halogens is 3. The van der Waals surface area contributed by atoms with E-state index in [1.807, 2.05) is 0 Å². The van der Waals surface area contributed by atoms with Crippen LogP contribution >= 0.6 is 23.2 Å². The molecule has 1 aliphatic heterocycles. The summed E-state index contributed by atoms with van der Waals surface area (Å²) >= 11 is 12.2. The molecule has 0 aliphatic carbocycles. The SMILES string of the molecule is CC(C)NC(=O)[C@H](C)N(Cc1ccc(Cl)c(Cl)c1)C(=O)CN(c1ccc(F)cc1)S(=O)(=O)c1ccc2c(c1)OCCO2. The van der Waals surface area contributed by atoms with Crippen LogP contribution in [0.15, 0.2) is 65.6 Å². The molecule has 0 aromatic heterocycles. The van der Waals surface area contributed by atoms with E-state index in [-0.39, 0.29) is 40.5 Å². The highest BCUT2D eigenvalue weighted by Gasteiger charge is 2.33. The van der Waals surface area contributed by atoms with E-state index in [9.17, 15) is 22.4 Å². The molecule has 0 radical (unpaired) electrons. The maximum atomic E-state index is 14.0. The lowest BCUT2D eigenvalue weighted by atomic mass is 10.1. The Kier molecular flexibility index (Phi) is 9.85. The molecular formula is C29H30Cl2FN3O6S. The molecule has 1 aliphatic rings. The zero-order valence-corrected chi connectivity index (χ0v) is 25.5. The molecule has 3 aromatic carbocycles. The Hall–Kier alpha value is -3.54. The predicted molar refractivity (Wildman–Crippen MR) is 158 cm³/mol. The number of carbonyl (C=O) groups is 2. The summed E-state index contributed by atoms with van der Waals surface area (Å²) in [6, 6.07) is 12.5. The van der Waals surface area contributed by atoms with Gasteiger partial charge >= 0.3 is 0 Å². The van der Waals surface area contributed by atoms with Gasteiger partial charge < -0.3 is 19.7 Å². The van der Waals surface area contributed by atoms with E-state index in [1.54, 1.807) is 39.0 Å². The molecule has 1 heterocycles. The van der Waals surface area contributed by atoms with Crippen molar-refractivity contribution in [1.82, 2.24) is 10.2 Å². The van der Waals surface area contributed by atoms with Gasteiger partial charge in [0, 0.05) is 18.7 Å². The average molecular weight is 639 g/mol. The Labute approximate surface area is 254 Å². The van der Waals surface area contributed by atoms with Crippen molar-refractivity contribution in [2.24, 2.45) is 0 Å². The Balaban J connectivity index is 1.73. The first-order chi connectivity index (χ1) is 19.9. The van der Waals surface area contributed by atoms with E-state index < -0.39 is 40.2 Å². The van der Waals surface area contributed by atoms with Crippen molar-refractivity contribution in [3.63, 3.8) is 0 Å². The molecule has 9 nitrogen and oxygen atoms in total. The van der Waals surface area contributed by atoms with Crippen molar-refractivity contribution in [1.29, 1.82) is 0 Å². The van der Waals surface area contributed by atoms with E-state index >= 15 is 0 Å². The highest BCUT2D eigenvalue weighted by Crippen LogP contribution is 2.34. The number of nitrogens with zero attached hydrogens (tertiary/aromatic N) is 2. The van der Waals surface area contributed by atoms with E-state index in [0.717, 1.165) is 16.4 Å². The molecule has 0 fully saturated rings. The Bertz CT molecular complexity index is 1570. The first-order valence-electron chi connectivity index (χ1n) is 13.1. The number of carbonyl (C=O) groups excluding carboxylic acids is 2. The van der Waals surface area contributed by atoms with Crippen molar-refractivity contribution in [3.8, 4) is 11.5 Å². The van der Waals surface area contributed by atoms with E-state index in [4.69, 9.17) is 32.7 Å². The third kappa shape index (κ3) is 7.26. The van der Waals surface area contributed by atoms with Crippen LogP contribution in [0.5, 0.6) is 11.5 Å². The second-order valence-corrected chi connectivity index (χ2v) is 12.6. The van der Waals surface area contributed by atoms with Crippen molar-refractivity contribution in [2.45, 2.75) is 44.3 Å². The van der Waals surface area contributed by atoms with Crippen LogP contribution < -0.4 is 19.1 Å². The highest BCUT2D eigenvalue weighted by molar-refractivity contribution is 7.92. The maximum absolute atomic E-state index is 14.0. The zero-order chi connectivity index (χ0) is 30.6. The molecule has 0 saturated heterocycles. The summed E-state index contributed by atoms with van der Waals surface area (Å²) in [5, 5.41) is 3.36. The molecule has 42 heavy (non-hydrogen) atoms. The number of fused-ring (bicyclic) bond motifs is 1. The molecule has 0 unspecified atom stereocenters. The van der Waals surface area contributed by atoms with E-state index in [2.05, 4.69) is 5.32 Å². The number of amides is 2. The first kappa shape index (κ1) is 31.4. The second kappa shape index (κ2) is 13.2. The summed E-state index contributed by atoms with van der Waals surface area (Å²) in [7, 11) is -4.39. The van der Waals surface area contributed by atoms with Gasteiger partial charge in [-0.1, -0.05) is 29.3 Å². The molecule has 3 aromatic rings. The second-order valence-electron chi connectivity index (χ2n) is 9.90. The van der Waals surface area contributed by atoms with Crippen LogP contribution in [0.4, 0.5) is 10.1 Å². The molecule has 1 atom stereocenters. The van der Waals surface area contributed by atoms with Crippen LogP contribution in [-0.4, -0.2) is 57.0 Å². The lowest BCUT2D eigenvalue weighted by Crippen LogP contribution is -2.52. The molecule has 0 spiro atoms. The van der Waals surface area contributed by atoms with Gasteiger partial charge in [0.15, 0.2) is 11.5 Å². The number of sulfonamides is 1. The number of benzene rings is 3. The third-order valence-corrected chi connectivity index (χ3v) is 8.94. The fourth-order valence-corrected chi connectivity index (χ4v) is 6.02. The summed E-state index contributed by atoms with van der Waals surface area (Å²) in [5.41, 5.74) is 0.624. The molecule has 2 amide bonds. The smallest absolute Gasteiger partial charge is 0.264 e. The minimum absolute atomic E-state index is 0.0495. The fourth-order valence-electron chi connectivity index (χ4n) is 4.27. The lowest BCUT2D eigenvalue weighted by Gasteiger charge is -2.32. The topological polar surface area (TPSA) is 105 Å². The number of hydrogen-bond acceptors (Lipinski definition) is 6. The van der Waals surface area contributed by atoms with Gasteiger partial charge in [0.05, 0.1) is 20.6 Å². The average Bonchev–Trinajstić information content (AvgIpc) is 2.95. The molecular weight excluding hydrogens is 608 g/mol. The van der Waals surface area contributed by atoms with Gasteiger partial charge in [0.2, 0.25) is 11.8 Å². The summed E-state index contributed by atoms with van der Waals surface area (Å²) in [4.78, 5) is 28.1. The maximum Gasteiger partial charge on any atom is 0.264 e. The lowest BCUT2D eigenvalue weighted by molar-refractivity contribution is -0.139. The van der Waals surface area contributed by atoms with Crippen molar-refractivity contribution in [3.05, 3.63) is 82.1 Å². The predicted octanol–water partition coefficient (Wildman–Crippen LogP) is 5.04. The molecule has 13 heteroatoms. The fraction of sp³-hybridized carbons (Fsp3) is 0.310. The van der Waals surface area contributed by atoms with Gasteiger partial charge in [-0.15, -0.1) is 0 Å². The molecule has 0 saturated carbocycles. The quantitative estimate of drug-likeness (QED) is 0.334. The van der Waals surface area contributed by atoms with Gasteiger partial charge in [-0.3, -0.25) is 13.9 Å². The summed E-state index contributed by atoms with van der Waals surface area (Å²) < 4.78 is 53.8. The van der Waals surface area contributed by atoms with Crippen LogP contribution in [0.2, 0.25) is 10.0 Å². The Morgan fingerprint density at radius 1 is 0.929 bits per heavy atom. The number of nitrogens with one attached hydrogen (secondary N) is 1. The van der Waals surface area contributed by atoms with Gasteiger partial charge in [-0.25, -0.2) is 12.8 Å². The van der Waals surface area contributed by atoms with Crippen molar-refractivity contribution < 1.29 is 31.9 Å². The third-order valence-electron chi connectivity index (χ3n) is 6.43. The molecule has 0 bridgehead atoms. The largest absolute Gasteiger partial charge is 0.486 e. The normalized spacial score (nSPS) is 13.4. The van der Waals surface area contributed by atoms with Gasteiger partial charge in [0.1, 0.15) is 31.6 Å². The molecule has 1 N–H and O–H groups in total. The molecule has 4 rings (SSSR count). The number of ether oxygens (including phenoxy) is 2. The zero-order valence-electron chi connectivity index (χ0n) is 23.1. The Morgan fingerprint density at radius 3 is 2.24 bits per heavy atom. The van der Waals surface area contributed by atoms with Gasteiger partial charge in [-0.2, -0.15) is 0 Å². The van der Waals surface area contributed by atoms with E-state index in [0.29, 0.717) is 22.9 Å². The van der Waals surface area contributed by atoms with Crippen LogP contribution in [0, 0.1) is 5.82 Å². The van der Waals surface area contributed by atoms with Gasteiger partial charge in [0.25, 0.3) is 10.0 Å². The number of hydrogen-bond donors (Lipinski definition) is 1. The monoisotopic (exact) mass is 637 g/mol. The van der Waals surface area contributed by atoms with Crippen LogP contribution in [-0.2, 0) is 26.2 Å². The summed E-state index contributed by atoms with van der Waals surface area (Å²) in [5.74, 6) is -1.06. The summed E-state index contributed by atoms with van der Waals surface area (Å²) in [6.07, 6.45) is 0. The first-order valence-corrected chi connectivity index (χ1v) is 15.3. The minimum atomic E-state index is -4.39. The standard InChI is InChI=1S/C29H30Cl2FN3O6S/c1-18(2)33-29(37)19(3)34(16-20-4-10-24(30)25(31)14-20)28(36)17-35(22-7-5-21(32)6-8-22)42(38,39)23-9-11-26-27(15-23)41-13-12-40-26/h4-11,14-15,18-19H,12-13,16-17H2,1-3H3,(H,33,37)/t19-/m0/s1. The minimum Gasteiger partial charge on any atom is -0.486 e. The summed E-state index contributed by atoms with van der Waals surface area (Å²) in [6.45, 7) is 4.93. The molecule has 224 valence electrons. The number of rotatable bonds is 10. The van der Waals surface area contributed by atoms with Gasteiger partial charge in [-0.05, 0) is 74.9 Å². The Morgan fingerprint density at radius 2 is 1.60 bits per heavy atom. The van der Waals surface area contributed by atoms with Crippen molar-refractivity contribution >= 4 is 50.7 Å². The number of anilines is 1. The van der Waals surface area contributed by atoms with E-state index in [1.165, 1.54) is 35.2 Å². The van der Waals surface area contributed by atoms with Crippen LogP contribution in [0.25, 0.3) is 0 Å². The van der Waals surface area contributed by atoms with Crippen LogP contribution in [0.1, 0.15) is 26.3 Å². The highest BCUT2D eigenvalue weighted by atomic mass is 35.5.